The quantitative estimate of drug-likeness (QED) is 0.640. The first-order valence-corrected chi connectivity index (χ1v) is 7.58. The van der Waals surface area contributed by atoms with Crippen LogP contribution in [0.3, 0.4) is 0 Å². The van der Waals surface area contributed by atoms with Gasteiger partial charge in [0.25, 0.3) is 0 Å². The minimum atomic E-state index is -2.16. The van der Waals surface area contributed by atoms with Gasteiger partial charge in [-0.2, -0.15) is 0 Å². The van der Waals surface area contributed by atoms with Gasteiger partial charge in [0.15, 0.2) is 0 Å². The predicted molar refractivity (Wildman–Crippen MR) is 66.6 cm³/mol. The summed E-state index contributed by atoms with van der Waals surface area (Å²) in [6, 6.07) is 9.84. The van der Waals surface area contributed by atoms with E-state index in [1.54, 1.807) is 0 Å². The molecule has 0 saturated heterocycles. The van der Waals surface area contributed by atoms with Crippen molar-refractivity contribution in [3.05, 3.63) is 33.4 Å². The van der Waals surface area contributed by atoms with Crippen LogP contribution in [0.5, 0.6) is 0 Å². The van der Waals surface area contributed by atoms with Gasteiger partial charge in [0, 0.05) is 0 Å². The molecule has 0 amide bonds. The van der Waals surface area contributed by atoms with Crippen LogP contribution in [0.15, 0.2) is 24.3 Å². The van der Waals surface area contributed by atoms with Crippen molar-refractivity contribution < 1.29 is 3.07 Å². The van der Waals surface area contributed by atoms with Crippen molar-refractivity contribution in [2.24, 2.45) is 0 Å². The molecule has 0 unspecified atom stereocenters. The molecule has 0 radical (unpaired) electrons. The zero-order valence-electron chi connectivity index (χ0n) is 8.54. The molecule has 0 atom stereocenters. The second-order valence-corrected chi connectivity index (χ2v) is 7.84. The Bertz CT molecular complexity index is 462. The van der Waals surface area contributed by atoms with Crippen LogP contribution in [-0.4, -0.2) is 3.72 Å². The average molecular weight is 314 g/mol. The Balaban J connectivity index is 2.53. The maximum absolute atomic E-state index is 8.78. The molecule has 0 aliphatic carbocycles. The van der Waals surface area contributed by atoms with Gasteiger partial charge in [0.2, 0.25) is 0 Å². The first kappa shape index (κ1) is 10.6. The average Bonchev–Trinajstić information content (AvgIpc) is 2.51. The van der Waals surface area contributed by atoms with Crippen LogP contribution in [0.2, 0.25) is 0 Å². The van der Waals surface area contributed by atoms with Crippen LogP contribution >= 0.6 is 20.2 Å². The Labute approximate surface area is 96.5 Å². The Morgan fingerprint density at radius 3 is 2.80 bits per heavy atom. The van der Waals surface area contributed by atoms with E-state index in [0.29, 0.717) is 0 Å². The molecular formula is C11H11IN2O. The van der Waals surface area contributed by atoms with Crippen LogP contribution in [0.4, 0.5) is 0 Å². The summed E-state index contributed by atoms with van der Waals surface area (Å²) in [6.45, 7) is 3.99. The van der Waals surface area contributed by atoms with Crippen molar-refractivity contribution >= 4 is 24.0 Å². The fourth-order valence-electron chi connectivity index (χ4n) is 1.55. The van der Waals surface area contributed by atoms with E-state index in [1.165, 1.54) is 0 Å². The SMILES string of the molecule is CC1(C)OI(C(=N)C#N)c2ccccc21. The third-order valence-corrected chi connectivity index (χ3v) is 7.01. The number of hydrogen-bond donors (Lipinski definition) is 1. The van der Waals surface area contributed by atoms with Gasteiger partial charge >= 0.3 is 96.6 Å². The zero-order valence-corrected chi connectivity index (χ0v) is 10.7. The standard InChI is InChI=1S/C11H11IN2O/c1-11(2)8-5-3-4-6-9(8)12(15-11)10(14)7-13/h3-6,14H,1-2H3. The van der Waals surface area contributed by atoms with Crippen LogP contribution in [-0.2, 0) is 8.67 Å². The number of benzene rings is 1. The van der Waals surface area contributed by atoms with Gasteiger partial charge in [-0.25, -0.2) is 0 Å². The summed E-state index contributed by atoms with van der Waals surface area (Å²) in [6.07, 6.45) is 0. The van der Waals surface area contributed by atoms with E-state index in [1.807, 2.05) is 44.2 Å². The Morgan fingerprint density at radius 2 is 2.13 bits per heavy atom. The van der Waals surface area contributed by atoms with Crippen molar-refractivity contribution in [2.45, 2.75) is 19.4 Å². The fourth-order valence-corrected chi connectivity index (χ4v) is 6.04. The molecule has 4 heteroatoms. The summed E-state index contributed by atoms with van der Waals surface area (Å²) in [7, 11) is 0. The van der Waals surface area contributed by atoms with Crippen molar-refractivity contribution in [1.82, 2.24) is 0 Å². The molecule has 15 heavy (non-hydrogen) atoms. The normalized spacial score (nSPS) is 19.4. The molecule has 78 valence electrons. The van der Waals surface area contributed by atoms with Gasteiger partial charge in [-0.1, -0.05) is 0 Å². The van der Waals surface area contributed by atoms with Crippen molar-refractivity contribution in [3.8, 4) is 6.07 Å². The monoisotopic (exact) mass is 314 g/mol. The number of halogens is 1. The van der Waals surface area contributed by atoms with Crippen molar-refractivity contribution in [3.63, 3.8) is 0 Å². The number of nitriles is 1. The van der Waals surface area contributed by atoms with Gasteiger partial charge in [0.1, 0.15) is 0 Å². The second-order valence-electron chi connectivity index (χ2n) is 3.74. The van der Waals surface area contributed by atoms with Crippen LogP contribution < -0.4 is 0 Å². The molecule has 1 heterocycles. The third-order valence-electron chi connectivity index (χ3n) is 2.25. The predicted octanol–water partition coefficient (Wildman–Crippen LogP) is 3.04. The van der Waals surface area contributed by atoms with Crippen LogP contribution in [0.1, 0.15) is 19.4 Å². The molecule has 1 aliphatic rings. The van der Waals surface area contributed by atoms with Gasteiger partial charge in [-0.15, -0.1) is 0 Å². The number of hydrogen-bond acceptors (Lipinski definition) is 3. The number of fused-ring (bicyclic) bond motifs is 1. The maximum atomic E-state index is 8.78. The molecule has 0 saturated carbocycles. The van der Waals surface area contributed by atoms with Crippen molar-refractivity contribution in [2.75, 3.05) is 0 Å². The molecular weight excluding hydrogens is 303 g/mol. The van der Waals surface area contributed by atoms with E-state index in [4.69, 9.17) is 13.7 Å². The number of nitrogens with zero attached hydrogens (tertiary/aromatic N) is 1. The molecule has 0 bridgehead atoms. The van der Waals surface area contributed by atoms with Gasteiger partial charge in [-0.05, 0) is 0 Å². The minimum absolute atomic E-state index is 0.122. The Morgan fingerprint density at radius 1 is 1.47 bits per heavy atom. The zero-order chi connectivity index (χ0) is 11.1. The van der Waals surface area contributed by atoms with E-state index in [2.05, 4.69) is 0 Å². The summed E-state index contributed by atoms with van der Waals surface area (Å²) in [4.78, 5) is 0. The van der Waals surface area contributed by atoms with Gasteiger partial charge < -0.3 is 0 Å². The van der Waals surface area contributed by atoms with E-state index >= 15 is 0 Å². The molecule has 3 nitrogen and oxygen atoms in total. The summed E-state index contributed by atoms with van der Waals surface area (Å²) in [5, 5.41) is 16.4. The fraction of sp³-hybridized carbons (Fsp3) is 0.273. The second kappa shape index (κ2) is 3.58. The van der Waals surface area contributed by atoms with Gasteiger partial charge in [-0.3, -0.25) is 0 Å². The van der Waals surface area contributed by atoms with E-state index in [0.717, 1.165) is 9.13 Å². The number of rotatable bonds is 1. The molecule has 2 rings (SSSR count). The van der Waals surface area contributed by atoms with Crippen LogP contribution in [0, 0.1) is 20.3 Å². The van der Waals surface area contributed by atoms with Crippen molar-refractivity contribution in [1.29, 1.82) is 10.7 Å². The van der Waals surface area contributed by atoms with E-state index in [9.17, 15) is 0 Å². The molecule has 1 N–H and O–H groups in total. The first-order chi connectivity index (χ1) is 7.06. The summed E-state index contributed by atoms with van der Waals surface area (Å²) >= 11 is -2.16. The Hall–Kier alpha value is -0.930. The Kier molecular flexibility index (Phi) is 2.52. The number of nitrogens with one attached hydrogen (secondary N) is 1. The summed E-state index contributed by atoms with van der Waals surface area (Å²) in [5.74, 6) is 0. The van der Waals surface area contributed by atoms with E-state index in [-0.39, 0.29) is 9.32 Å². The molecule has 0 spiro atoms. The van der Waals surface area contributed by atoms with Gasteiger partial charge in [0.05, 0.1) is 0 Å². The topological polar surface area (TPSA) is 56.9 Å². The molecule has 1 aromatic rings. The third kappa shape index (κ3) is 1.66. The summed E-state index contributed by atoms with van der Waals surface area (Å²) in [5.41, 5.74) is 0.792. The molecule has 0 fully saturated rings. The molecule has 1 aliphatic heterocycles. The van der Waals surface area contributed by atoms with Crippen LogP contribution in [0.25, 0.3) is 0 Å². The van der Waals surface area contributed by atoms with E-state index < -0.39 is 20.2 Å². The summed E-state index contributed by atoms with van der Waals surface area (Å²) < 4.78 is 7.10. The molecule has 0 aromatic heterocycles. The molecule has 1 aromatic carbocycles. The first-order valence-electron chi connectivity index (χ1n) is 4.54.